The van der Waals surface area contributed by atoms with Crippen molar-refractivity contribution in [2.24, 2.45) is 0 Å². The molecule has 34 heavy (non-hydrogen) atoms. The van der Waals surface area contributed by atoms with Gasteiger partial charge in [-0.3, -0.25) is 9.59 Å². The molecule has 0 saturated carbocycles. The lowest BCUT2D eigenvalue weighted by atomic mass is 9.99. The number of rotatable bonds is 9. The minimum atomic E-state index is -0.403. The maximum Gasteiger partial charge on any atom is 0.249 e. The Balaban J connectivity index is 1.46. The highest BCUT2D eigenvalue weighted by Crippen LogP contribution is 2.32. The molecule has 6 nitrogen and oxygen atoms in total. The summed E-state index contributed by atoms with van der Waals surface area (Å²) in [6, 6.07) is 19.5. The SMILES string of the molecule is CCCN(CC(=O)N1CCn2cccc2C1c1cccc(F)c1)C(=O)COCc1ccccc1. The van der Waals surface area contributed by atoms with Crippen LogP contribution in [0, 0.1) is 5.82 Å². The second-order valence-electron chi connectivity index (χ2n) is 8.46. The van der Waals surface area contributed by atoms with E-state index in [-0.39, 0.29) is 30.8 Å². The third-order valence-corrected chi connectivity index (χ3v) is 6.03. The Morgan fingerprint density at radius 3 is 2.65 bits per heavy atom. The molecular weight excluding hydrogens is 433 g/mol. The van der Waals surface area contributed by atoms with Crippen molar-refractivity contribution in [2.45, 2.75) is 32.5 Å². The van der Waals surface area contributed by atoms with Crippen LogP contribution >= 0.6 is 0 Å². The van der Waals surface area contributed by atoms with Gasteiger partial charge in [0.25, 0.3) is 0 Å². The summed E-state index contributed by atoms with van der Waals surface area (Å²) in [6.45, 7) is 3.80. The van der Waals surface area contributed by atoms with Gasteiger partial charge in [-0.15, -0.1) is 0 Å². The highest BCUT2D eigenvalue weighted by Gasteiger charge is 2.33. The normalized spacial score (nSPS) is 15.1. The lowest BCUT2D eigenvalue weighted by Gasteiger charge is -2.38. The van der Waals surface area contributed by atoms with Gasteiger partial charge in [-0.25, -0.2) is 4.39 Å². The molecule has 0 saturated heterocycles. The largest absolute Gasteiger partial charge is 0.367 e. The molecule has 4 rings (SSSR count). The van der Waals surface area contributed by atoms with Crippen LogP contribution < -0.4 is 0 Å². The summed E-state index contributed by atoms with van der Waals surface area (Å²) in [6.07, 6.45) is 2.70. The molecular formula is C27H30FN3O3. The number of ether oxygens (including phenoxy) is 1. The molecule has 2 heterocycles. The van der Waals surface area contributed by atoms with Crippen LogP contribution in [0.25, 0.3) is 0 Å². The predicted octanol–water partition coefficient (Wildman–Crippen LogP) is 4.01. The zero-order valence-electron chi connectivity index (χ0n) is 19.4. The van der Waals surface area contributed by atoms with Gasteiger partial charge in [-0.2, -0.15) is 0 Å². The number of hydrogen-bond donors (Lipinski definition) is 0. The predicted molar refractivity (Wildman–Crippen MR) is 127 cm³/mol. The second-order valence-corrected chi connectivity index (χ2v) is 8.46. The Bertz CT molecular complexity index is 1120. The zero-order valence-corrected chi connectivity index (χ0v) is 19.4. The van der Waals surface area contributed by atoms with Crippen molar-refractivity contribution in [3.05, 3.63) is 95.6 Å². The van der Waals surface area contributed by atoms with E-state index in [2.05, 4.69) is 4.57 Å². The molecule has 7 heteroatoms. The minimum Gasteiger partial charge on any atom is -0.367 e. The molecule has 0 bridgehead atoms. The summed E-state index contributed by atoms with van der Waals surface area (Å²) in [7, 11) is 0. The van der Waals surface area contributed by atoms with E-state index in [4.69, 9.17) is 4.74 Å². The van der Waals surface area contributed by atoms with Crippen LogP contribution in [0.15, 0.2) is 72.9 Å². The van der Waals surface area contributed by atoms with Crippen LogP contribution in [0.2, 0.25) is 0 Å². The van der Waals surface area contributed by atoms with E-state index >= 15 is 0 Å². The van der Waals surface area contributed by atoms with E-state index in [1.54, 1.807) is 15.9 Å². The quantitative estimate of drug-likeness (QED) is 0.482. The first-order valence-electron chi connectivity index (χ1n) is 11.7. The van der Waals surface area contributed by atoms with Gasteiger partial charge in [0.2, 0.25) is 11.8 Å². The van der Waals surface area contributed by atoms with Gasteiger partial charge in [0.05, 0.1) is 19.2 Å². The van der Waals surface area contributed by atoms with Crippen molar-refractivity contribution in [1.29, 1.82) is 0 Å². The Morgan fingerprint density at radius 1 is 1.06 bits per heavy atom. The lowest BCUT2D eigenvalue weighted by Crippen LogP contribution is -2.48. The molecule has 0 radical (unpaired) electrons. The Kier molecular flexibility index (Phi) is 7.75. The number of fused-ring (bicyclic) bond motifs is 1. The molecule has 2 aromatic carbocycles. The third kappa shape index (κ3) is 5.54. The van der Waals surface area contributed by atoms with E-state index in [1.165, 1.54) is 12.1 Å². The Labute approximate surface area is 199 Å². The fourth-order valence-corrected chi connectivity index (χ4v) is 4.42. The van der Waals surface area contributed by atoms with E-state index in [9.17, 15) is 14.0 Å². The average molecular weight is 464 g/mol. The summed E-state index contributed by atoms with van der Waals surface area (Å²) >= 11 is 0. The maximum atomic E-state index is 14.0. The molecule has 0 N–H and O–H groups in total. The zero-order chi connectivity index (χ0) is 23.9. The molecule has 0 spiro atoms. The summed E-state index contributed by atoms with van der Waals surface area (Å²) in [5.74, 6) is -0.715. The van der Waals surface area contributed by atoms with E-state index in [0.29, 0.717) is 31.8 Å². The number of aromatic nitrogens is 1. The van der Waals surface area contributed by atoms with E-state index < -0.39 is 6.04 Å². The van der Waals surface area contributed by atoms with Crippen LogP contribution in [-0.2, 0) is 27.5 Å². The number of benzene rings is 2. The van der Waals surface area contributed by atoms with Crippen molar-refractivity contribution >= 4 is 11.8 Å². The summed E-state index contributed by atoms with van der Waals surface area (Å²) in [5, 5.41) is 0. The molecule has 1 aliphatic heterocycles. The molecule has 1 aliphatic rings. The Hall–Kier alpha value is -3.45. The van der Waals surface area contributed by atoms with Gasteiger partial charge in [-0.1, -0.05) is 49.4 Å². The van der Waals surface area contributed by atoms with E-state index in [1.807, 2.05) is 61.7 Å². The molecule has 2 amide bonds. The smallest absolute Gasteiger partial charge is 0.249 e. The van der Waals surface area contributed by atoms with Crippen molar-refractivity contribution in [3.8, 4) is 0 Å². The van der Waals surface area contributed by atoms with Crippen LogP contribution in [-0.4, -0.2) is 52.4 Å². The lowest BCUT2D eigenvalue weighted by molar-refractivity contribution is -0.144. The molecule has 1 unspecified atom stereocenters. The van der Waals surface area contributed by atoms with Gasteiger partial charge in [0.15, 0.2) is 0 Å². The number of halogens is 1. The molecule has 3 aromatic rings. The van der Waals surface area contributed by atoms with Crippen LogP contribution in [0.4, 0.5) is 4.39 Å². The molecule has 1 aromatic heterocycles. The van der Waals surface area contributed by atoms with Gasteiger partial charge < -0.3 is 19.1 Å². The van der Waals surface area contributed by atoms with Crippen LogP contribution in [0.1, 0.15) is 36.2 Å². The standard InChI is InChI=1S/C27H30FN3O3/c1-2-13-30(26(33)20-34-19-21-8-4-3-5-9-21)18-25(32)31-16-15-29-14-7-12-24(29)27(31)22-10-6-11-23(28)17-22/h3-12,14,17,27H,2,13,15-16,18-20H2,1H3. The maximum absolute atomic E-state index is 14.0. The van der Waals surface area contributed by atoms with Gasteiger partial charge in [0, 0.05) is 31.5 Å². The highest BCUT2D eigenvalue weighted by molar-refractivity contribution is 5.86. The molecule has 0 aliphatic carbocycles. The minimum absolute atomic E-state index is 0.0338. The molecule has 178 valence electrons. The van der Waals surface area contributed by atoms with Gasteiger partial charge in [-0.05, 0) is 41.8 Å². The van der Waals surface area contributed by atoms with Gasteiger partial charge >= 0.3 is 0 Å². The Morgan fingerprint density at radius 2 is 1.88 bits per heavy atom. The topological polar surface area (TPSA) is 54.8 Å². The number of nitrogens with zero attached hydrogens (tertiary/aromatic N) is 3. The summed E-state index contributed by atoms with van der Waals surface area (Å²) in [5.41, 5.74) is 2.64. The van der Waals surface area contributed by atoms with Crippen LogP contribution in [0.5, 0.6) is 0 Å². The second kappa shape index (κ2) is 11.1. The number of carbonyl (C=O) groups excluding carboxylic acids is 2. The number of amides is 2. The highest BCUT2D eigenvalue weighted by atomic mass is 19.1. The third-order valence-electron chi connectivity index (χ3n) is 6.03. The number of carbonyl (C=O) groups is 2. The fraction of sp³-hybridized carbons (Fsp3) is 0.333. The van der Waals surface area contributed by atoms with Crippen molar-refractivity contribution in [3.63, 3.8) is 0 Å². The molecule has 1 atom stereocenters. The van der Waals surface area contributed by atoms with Crippen molar-refractivity contribution < 1.29 is 18.7 Å². The first kappa shape index (κ1) is 23.7. The van der Waals surface area contributed by atoms with E-state index in [0.717, 1.165) is 17.7 Å². The van der Waals surface area contributed by atoms with Gasteiger partial charge in [0.1, 0.15) is 12.4 Å². The monoisotopic (exact) mass is 463 g/mol. The van der Waals surface area contributed by atoms with Crippen LogP contribution in [0.3, 0.4) is 0 Å². The first-order valence-corrected chi connectivity index (χ1v) is 11.7. The molecule has 0 fully saturated rings. The number of hydrogen-bond acceptors (Lipinski definition) is 3. The average Bonchev–Trinajstić information content (AvgIpc) is 3.32. The summed E-state index contributed by atoms with van der Waals surface area (Å²) in [4.78, 5) is 29.7. The fourth-order valence-electron chi connectivity index (χ4n) is 4.42. The van der Waals surface area contributed by atoms with Crippen molar-refractivity contribution in [1.82, 2.24) is 14.4 Å². The first-order chi connectivity index (χ1) is 16.6. The van der Waals surface area contributed by atoms with Crippen molar-refractivity contribution in [2.75, 3.05) is 26.2 Å². The summed E-state index contributed by atoms with van der Waals surface area (Å²) < 4.78 is 21.7.